The van der Waals surface area contributed by atoms with Gasteiger partial charge >= 0.3 is 0 Å². The first kappa shape index (κ1) is 11.5. The molecule has 94 valence electrons. The van der Waals surface area contributed by atoms with Gasteiger partial charge in [-0.25, -0.2) is 0 Å². The van der Waals surface area contributed by atoms with Crippen molar-refractivity contribution in [2.75, 3.05) is 5.01 Å². The average Bonchev–Trinajstić information content (AvgIpc) is 2.56. The summed E-state index contributed by atoms with van der Waals surface area (Å²) in [4.78, 5) is 12.5. The van der Waals surface area contributed by atoms with E-state index >= 15 is 0 Å². The van der Waals surface area contributed by atoms with Crippen molar-refractivity contribution in [3.8, 4) is 0 Å². The van der Waals surface area contributed by atoms with Crippen molar-refractivity contribution in [3.05, 3.63) is 29.8 Å². The lowest BCUT2D eigenvalue weighted by Crippen LogP contribution is -2.27. The molecule has 1 aromatic rings. The first-order valence-corrected chi connectivity index (χ1v) is 6.74. The second-order valence-corrected chi connectivity index (χ2v) is 5.18. The van der Waals surface area contributed by atoms with Crippen LogP contribution < -0.4 is 5.01 Å². The van der Waals surface area contributed by atoms with E-state index in [1.165, 1.54) is 12.8 Å². The number of hydrogen-bond acceptors (Lipinski definition) is 2. The highest BCUT2D eigenvalue weighted by molar-refractivity contribution is 6.15. The zero-order valence-electron chi connectivity index (χ0n) is 10.7. The fourth-order valence-corrected chi connectivity index (χ4v) is 2.86. The molecule has 1 fully saturated rings. The number of amides is 1. The fraction of sp³-hybridized carbons (Fsp3) is 0.467. The van der Waals surface area contributed by atoms with Gasteiger partial charge in [0.2, 0.25) is 0 Å². The summed E-state index contributed by atoms with van der Waals surface area (Å²) in [5.41, 5.74) is 3.13. The van der Waals surface area contributed by atoms with Crippen LogP contribution in [0.4, 0.5) is 5.69 Å². The van der Waals surface area contributed by atoms with Crippen molar-refractivity contribution in [1.82, 2.24) is 0 Å². The molecule has 0 radical (unpaired) electrons. The number of anilines is 1. The van der Waals surface area contributed by atoms with Gasteiger partial charge in [0, 0.05) is 0 Å². The van der Waals surface area contributed by atoms with Gasteiger partial charge in [0.15, 0.2) is 0 Å². The zero-order chi connectivity index (χ0) is 12.5. The number of fused-ring (bicyclic) bond motifs is 1. The minimum Gasteiger partial charge on any atom is -0.272 e. The first-order valence-electron chi connectivity index (χ1n) is 6.74. The number of hydrazone groups is 1. The molecule has 3 heteroatoms. The van der Waals surface area contributed by atoms with Gasteiger partial charge in [-0.2, -0.15) is 10.1 Å². The predicted molar refractivity (Wildman–Crippen MR) is 72.7 cm³/mol. The quantitative estimate of drug-likeness (QED) is 0.743. The maximum atomic E-state index is 12.5. The van der Waals surface area contributed by atoms with Crippen LogP contribution in [0, 0.1) is 12.8 Å². The van der Waals surface area contributed by atoms with Crippen LogP contribution in [0.3, 0.4) is 0 Å². The van der Waals surface area contributed by atoms with E-state index in [0.717, 1.165) is 36.2 Å². The van der Waals surface area contributed by atoms with E-state index in [9.17, 15) is 4.79 Å². The van der Waals surface area contributed by atoms with Crippen molar-refractivity contribution < 1.29 is 4.79 Å². The van der Waals surface area contributed by atoms with Crippen molar-refractivity contribution in [2.45, 2.75) is 39.0 Å². The summed E-state index contributed by atoms with van der Waals surface area (Å²) >= 11 is 0. The normalized spacial score (nSPS) is 23.6. The highest BCUT2D eigenvalue weighted by Crippen LogP contribution is 2.32. The Morgan fingerprint density at radius 1 is 1.22 bits per heavy atom. The Labute approximate surface area is 107 Å². The minimum absolute atomic E-state index is 0.0482. The predicted octanol–water partition coefficient (Wildman–Crippen LogP) is 3.28. The van der Waals surface area contributed by atoms with Gasteiger partial charge in [-0.3, -0.25) is 4.79 Å². The van der Waals surface area contributed by atoms with Gasteiger partial charge in [0.1, 0.15) is 0 Å². The summed E-state index contributed by atoms with van der Waals surface area (Å²) in [5.74, 6) is 0.216. The Morgan fingerprint density at radius 3 is 2.89 bits per heavy atom. The van der Waals surface area contributed by atoms with Crippen LogP contribution in [0.15, 0.2) is 29.4 Å². The molecule has 0 spiro atoms. The Hall–Kier alpha value is -1.64. The molecular weight excluding hydrogens is 224 g/mol. The summed E-state index contributed by atoms with van der Waals surface area (Å²) in [5, 5.41) is 6.21. The summed E-state index contributed by atoms with van der Waals surface area (Å²) in [6.45, 7) is 2.02. The standard InChI is InChI=1S/C15H18N2O/c1-11-7-5-6-10-14(11)17-15(18)12-8-3-2-4-9-13(12)16-17/h5-7,10,12H,2-4,8-9H2,1H3. The number of rotatable bonds is 1. The summed E-state index contributed by atoms with van der Waals surface area (Å²) < 4.78 is 0. The third kappa shape index (κ3) is 1.84. The largest absolute Gasteiger partial charge is 0.272 e. The van der Waals surface area contributed by atoms with E-state index in [1.54, 1.807) is 5.01 Å². The summed E-state index contributed by atoms with van der Waals surface area (Å²) in [7, 11) is 0. The van der Waals surface area contributed by atoms with Gasteiger partial charge in [-0.1, -0.05) is 31.0 Å². The molecule has 1 aliphatic carbocycles. The van der Waals surface area contributed by atoms with Crippen LogP contribution in [0.5, 0.6) is 0 Å². The first-order chi connectivity index (χ1) is 8.77. The maximum absolute atomic E-state index is 12.5. The highest BCUT2D eigenvalue weighted by Gasteiger charge is 2.37. The van der Waals surface area contributed by atoms with E-state index in [-0.39, 0.29) is 11.8 Å². The zero-order valence-corrected chi connectivity index (χ0v) is 10.7. The van der Waals surface area contributed by atoms with Gasteiger partial charge in [-0.05, 0) is 37.8 Å². The molecule has 3 nitrogen and oxygen atoms in total. The number of carbonyl (C=O) groups excluding carboxylic acids is 1. The van der Waals surface area contributed by atoms with Crippen molar-refractivity contribution in [2.24, 2.45) is 11.0 Å². The van der Waals surface area contributed by atoms with Gasteiger partial charge < -0.3 is 0 Å². The van der Waals surface area contributed by atoms with E-state index < -0.39 is 0 Å². The molecule has 1 aromatic carbocycles. The van der Waals surface area contributed by atoms with Crippen molar-refractivity contribution in [3.63, 3.8) is 0 Å². The highest BCUT2D eigenvalue weighted by atomic mass is 16.2. The van der Waals surface area contributed by atoms with Gasteiger partial charge in [-0.15, -0.1) is 0 Å². The molecule has 0 N–H and O–H groups in total. The molecular formula is C15H18N2O. The molecule has 0 aromatic heterocycles. The Kier molecular flexibility index (Phi) is 2.90. The molecule has 18 heavy (non-hydrogen) atoms. The third-order valence-corrected chi connectivity index (χ3v) is 3.91. The molecule has 0 saturated heterocycles. The van der Waals surface area contributed by atoms with E-state index in [2.05, 4.69) is 5.10 Å². The molecule has 1 unspecified atom stereocenters. The number of benzene rings is 1. The molecule has 0 bridgehead atoms. The SMILES string of the molecule is Cc1ccccc1N1N=C2CCCCCC2C1=O. The summed E-state index contributed by atoms with van der Waals surface area (Å²) in [6.07, 6.45) is 5.51. The number of aryl methyl sites for hydroxylation is 1. The second-order valence-electron chi connectivity index (χ2n) is 5.18. The van der Waals surface area contributed by atoms with Crippen LogP contribution in [0.2, 0.25) is 0 Å². The van der Waals surface area contributed by atoms with Crippen molar-refractivity contribution >= 4 is 17.3 Å². The number of carbonyl (C=O) groups is 1. The Bertz CT molecular complexity index is 507. The molecule has 3 rings (SSSR count). The number of para-hydroxylation sites is 1. The molecule has 1 heterocycles. The minimum atomic E-state index is 0.0482. The second kappa shape index (κ2) is 4.56. The van der Waals surface area contributed by atoms with E-state index in [0.29, 0.717) is 0 Å². The lowest BCUT2D eigenvalue weighted by molar-refractivity contribution is -0.119. The molecule has 1 amide bonds. The van der Waals surface area contributed by atoms with Crippen LogP contribution in [0.25, 0.3) is 0 Å². The third-order valence-electron chi connectivity index (χ3n) is 3.91. The van der Waals surface area contributed by atoms with Crippen LogP contribution in [-0.4, -0.2) is 11.6 Å². The topological polar surface area (TPSA) is 32.7 Å². The maximum Gasteiger partial charge on any atom is 0.256 e. The van der Waals surface area contributed by atoms with Crippen LogP contribution in [0.1, 0.15) is 37.7 Å². The van der Waals surface area contributed by atoms with Gasteiger partial charge in [0.25, 0.3) is 5.91 Å². The Morgan fingerprint density at radius 2 is 2.06 bits per heavy atom. The lowest BCUT2D eigenvalue weighted by Gasteiger charge is -2.16. The number of hydrogen-bond donors (Lipinski definition) is 0. The average molecular weight is 242 g/mol. The molecule has 1 saturated carbocycles. The molecule has 1 atom stereocenters. The van der Waals surface area contributed by atoms with E-state index in [4.69, 9.17) is 0 Å². The molecule has 1 aliphatic heterocycles. The van der Waals surface area contributed by atoms with Crippen molar-refractivity contribution in [1.29, 1.82) is 0 Å². The fourth-order valence-electron chi connectivity index (χ4n) is 2.86. The monoisotopic (exact) mass is 242 g/mol. The van der Waals surface area contributed by atoms with E-state index in [1.807, 2.05) is 31.2 Å². The van der Waals surface area contributed by atoms with Gasteiger partial charge in [0.05, 0.1) is 17.3 Å². The smallest absolute Gasteiger partial charge is 0.256 e. The molecule has 2 aliphatic rings. The Balaban J connectivity index is 1.95. The van der Waals surface area contributed by atoms with Crippen LogP contribution in [-0.2, 0) is 4.79 Å². The summed E-state index contributed by atoms with van der Waals surface area (Å²) in [6, 6.07) is 7.95. The number of nitrogens with zero attached hydrogens (tertiary/aromatic N) is 2. The lowest BCUT2D eigenvalue weighted by atomic mass is 9.98. The van der Waals surface area contributed by atoms with Crippen LogP contribution >= 0.6 is 0 Å².